The Balaban J connectivity index is 3.83. The van der Waals surface area contributed by atoms with Gasteiger partial charge in [0, 0.05) is 6.54 Å². The second-order valence-corrected chi connectivity index (χ2v) is 4.70. The molecule has 0 saturated carbocycles. The van der Waals surface area contributed by atoms with Gasteiger partial charge in [-0.1, -0.05) is 6.92 Å². The van der Waals surface area contributed by atoms with E-state index in [0.717, 1.165) is 0 Å². The summed E-state index contributed by atoms with van der Waals surface area (Å²) in [5, 5.41) is 17.3. The van der Waals surface area contributed by atoms with E-state index in [-0.39, 0.29) is 13.0 Å². The first-order chi connectivity index (χ1) is 6.37. The topological polar surface area (TPSA) is 104 Å². The molecule has 0 amide bonds. The fourth-order valence-corrected chi connectivity index (χ4v) is 1.65. The number of rotatable bonds is 7. The van der Waals surface area contributed by atoms with Gasteiger partial charge in [0.05, 0.1) is 6.10 Å². The van der Waals surface area contributed by atoms with E-state index in [1.54, 1.807) is 6.92 Å². The second-order valence-electron chi connectivity index (χ2n) is 2.90. The lowest BCUT2D eigenvalue weighted by Crippen LogP contribution is -2.32. The number of nitrogens with one attached hydrogen (secondary N) is 1. The maximum Gasteiger partial charge on any atom is 0.320 e. The van der Waals surface area contributed by atoms with Crippen LogP contribution >= 0.6 is 0 Å². The second kappa shape index (κ2) is 5.94. The summed E-state index contributed by atoms with van der Waals surface area (Å²) in [6.07, 6.45) is 0.276. The number of carbonyl (C=O) groups is 1. The number of carboxylic acids is 1. The van der Waals surface area contributed by atoms with E-state index in [2.05, 4.69) is 4.72 Å². The Hall–Kier alpha value is -0.660. The van der Waals surface area contributed by atoms with Crippen molar-refractivity contribution in [3.63, 3.8) is 0 Å². The van der Waals surface area contributed by atoms with Gasteiger partial charge in [0.15, 0.2) is 5.75 Å². The van der Waals surface area contributed by atoms with Crippen molar-refractivity contribution >= 4 is 16.0 Å². The van der Waals surface area contributed by atoms with Crippen LogP contribution in [0, 0.1) is 0 Å². The molecule has 84 valence electrons. The molecule has 0 aromatic heterocycles. The average Bonchev–Trinajstić information content (AvgIpc) is 2.01. The molecule has 0 aromatic carbocycles. The van der Waals surface area contributed by atoms with Crippen LogP contribution in [0.25, 0.3) is 0 Å². The summed E-state index contributed by atoms with van der Waals surface area (Å²) in [7, 11) is -3.75. The Kier molecular flexibility index (Phi) is 5.66. The van der Waals surface area contributed by atoms with Crippen molar-refractivity contribution in [3.8, 4) is 0 Å². The lowest BCUT2D eigenvalue weighted by atomic mass is 10.2. The smallest absolute Gasteiger partial charge is 0.320 e. The minimum atomic E-state index is -3.75. The minimum absolute atomic E-state index is 0.0601. The number of aliphatic hydroxyl groups is 1. The Morgan fingerprint density at radius 3 is 2.50 bits per heavy atom. The van der Waals surface area contributed by atoms with Crippen molar-refractivity contribution in [1.29, 1.82) is 0 Å². The van der Waals surface area contributed by atoms with Crippen LogP contribution < -0.4 is 4.72 Å². The number of aliphatic carboxylic acids is 1. The molecule has 0 radical (unpaired) electrons. The molecule has 0 rings (SSSR count). The molecule has 0 heterocycles. The van der Waals surface area contributed by atoms with Gasteiger partial charge < -0.3 is 10.2 Å². The minimum Gasteiger partial charge on any atom is -0.480 e. The van der Waals surface area contributed by atoms with Crippen LogP contribution in [-0.2, 0) is 14.8 Å². The number of aliphatic hydroxyl groups excluding tert-OH is 1. The predicted molar refractivity (Wildman–Crippen MR) is 50.3 cm³/mol. The number of sulfonamides is 1. The summed E-state index contributed by atoms with van der Waals surface area (Å²) in [6.45, 7) is 1.83. The monoisotopic (exact) mass is 225 g/mol. The van der Waals surface area contributed by atoms with E-state index in [1.165, 1.54) is 0 Å². The van der Waals surface area contributed by atoms with Crippen LogP contribution in [0.1, 0.15) is 19.8 Å². The third kappa shape index (κ3) is 6.81. The van der Waals surface area contributed by atoms with E-state index in [0.29, 0.717) is 6.42 Å². The molecule has 14 heavy (non-hydrogen) atoms. The van der Waals surface area contributed by atoms with Crippen molar-refractivity contribution in [2.75, 3.05) is 12.3 Å². The summed E-state index contributed by atoms with van der Waals surface area (Å²) < 4.78 is 24.0. The molecule has 3 N–H and O–H groups in total. The highest BCUT2D eigenvalue weighted by molar-refractivity contribution is 7.90. The zero-order valence-corrected chi connectivity index (χ0v) is 8.75. The summed E-state index contributed by atoms with van der Waals surface area (Å²) >= 11 is 0. The number of carboxylic acid groups (broad SMARTS) is 1. The van der Waals surface area contributed by atoms with E-state index in [4.69, 9.17) is 10.2 Å². The first kappa shape index (κ1) is 13.3. The van der Waals surface area contributed by atoms with Gasteiger partial charge in [-0.15, -0.1) is 0 Å². The Morgan fingerprint density at radius 1 is 1.50 bits per heavy atom. The standard InChI is InChI=1S/C7H15NO5S/c1-2-6(9)3-4-8-14(12,13)5-7(10)11/h6,8-9H,2-5H2,1H3,(H,10,11). The van der Waals surface area contributed by atoms with Crippen molar-refractivity contribution < 1.29 is 23.4 Å². The predicted octanol–water partition coefficient (Wildman–Crippen LogP) is -0.849. The summed E-state index contributed by atoms with van der Waals surface area (Å²) in [5.41, 5.74) is 0. The van der Waals surface area contributed by atoms with Crippen LogP contribution in [-0.4, -0.2) is 43.0 Å². The third-order valence-corrected chi connectivity index (χ3v) is 2.86. The van der Waals surface area contributed by atoms with Crippen LogP contribution in [0.5, 0.6) is 0 Å². The average molecular weight is 225 g/mol. The quantitative estimate of drug-likeness (QED) is 0.523. The van der Waals surface area contributed by atoms with Crippen LogP contribution in [0.2, 0.25) is 0 Å². The van der Waals surface area contributed by atoms with Crippen LogP contribution in [0.15, 0.2) is 0 Å². The molecule has 6 nitrogen and oxygen atoms in total. The van der Waals surface area contributed by atoms with E-state index in [1.807, 2.05) is 0 Å². The van der Waals surface area contributed by atoms with Gasteiger partial charge in [0.25, 0.3) is 0 Å². The fourth-order valence-electron chi connectivity index (χ4n) is 0.799. The van der Waals surface area contributed by atoms with Gasteiger partial charge in [-0.05, 0) is 12.8 Å². The maximum absolute atomic E-state index is 10.9. The molecule has 0 bridgehead atoms. The van der Waals surface area contributed by atoms with Gasteiger partial charge in [-0.3, -0.25) is 4.79 Å². The molecule has 0 aromatic rings. The molecule has 1 atom stereocenters. The summed E-state index contributed by atoms with van der Waals surface area (Å²) in [4.78, 5) is 10.1. The van der Waals surface area contributed by atoms with Crippen LogP contribution in [0.4, 0.5) is 0 Å². The molecular weight excluding hydrogens is 210 g/mol. The first-order valence-corrected chi connectivity index (χ1v) is 5.90. The molecule has 0 fully saturated rings. The summed E-state index contributed by atoms with van der Waals surface area (Å²) in [6, 6.07) is 0. The normalized spacial score (nSPS) is 13.9. The lowest BCUT2D eigenvalue weighted by molar-refractivity contribution is -0.134. The SMILES string of the molecule is CCC(O)CCNS(=O)(=O)CC(=O)O. The lowest BCUT2D eigenvalue weighted by Gasteiger charge is -2.08. The molecule has 0 saturated heterocycles. The van der Waals surface area contributed by atoms with Crippen LogP contribution in [0.3, 0.4) is 0 Å². The first-order valence-electron chi connectivity index (χ1n) is 4.24. The number of hydrogen-bond acceptors (Lipinski definition) is 4. The van der Waals surface area contributed by atoms with E-state index in [9.17, 15) is 13.2 Å². The maximum atomic E-state index is 10.9. The molecular formula is C7H15NO5S. The summed E-state index contributed by atoms with van der Waals surface area (Å²) in [5.74, 6) is -2.33. The molecule has 0 spiro atoms. The van der Waals surface area contributed by atoms with Gasteiger partial charge in [-0.25, -0.2) is 13.1 Å². The molecule has 0 aliphatic carbocycles. The van der Waals surface area contributed by atoms with Crippen molar-refractivity contribution in [1.82, 2.24) is 4.72 Å². The molecule has 0 aliphatic heterocycles. The third-order valence-electron chi connectivity index (χ3n) is 1.58. The highest BCUT2D eigenvalue weighted by Gasteiger charge is 2.14. The number of hydrogen-bond donors (Lipinski definition) is 3. The van der Waals surface area contributed by atoms with E-state index < -0.39 is 27.8 Å². The van der Waals surface area contributed by atoms with Crippen molar-refractivity contribution in [2.24, 2.45) is 0 Å². The van der Waals surface area contributed by atoms with E-state index >= 15 is 0 Å². The molecule has 0 aliphatic rings. The van der Waals surface area contributed by atoms with Crippen molar-refractivity contribution in [3.05, 3.63) is 0 Å². The molecule has 7 heteroatoms. The molecule has 1 unspecified atom stereocenters. The van der Waals surface area contributed by atoms with Gasteiger partial charge in [0.2, 0.25) is 10.0 Å². The van der Waals surface area contributed by atoms with Gasteiger partial charge in [-0.2, -0.15) is 0 Å². The highest BCUT2D eigenvalue weighted by Crippen LogP contribution is 1.95. The van der Waals surface area contributed by atoms with Crippen molar-refractivity contribution in [2.45, 2.75) is 25.9 Å². The highest BCUT2D eigenvalue weighted by atomic mass is 32.2. The Bertz CT molecular complexity index is 274. The zero-order chi connectivity index (χ0) is 11.2. The zero-order valence-electron chi connectivity index (χ0n) is 7.93. The largest absolute Gasteiger partial charge is 0.480 e. The van der Waals surface area contributed by atoms with Gasteiger partial charge in [0.1, 0.15) is 0 Å². The van der Waals surface area contributed by atoms with Gasteiger partial charge >= 0.3 is 5.97 Å². The Morgan fingerprint density at radius 2 is 2.07 bits per heavy atom. The Labute approximate surface area is 83.0 Å². The fraction of sp³-hybridized carbons (Fsp3) is 0.857.